The van der Waals surface area contributed by atoms with Crippen LogP contribution in [0.2, 0.25) is 0 Å². The third-order valence-electron chi connectivity index (χ3n) is 4.34. The Morgan fingerprint density at radius 1 is 1.17 bits per heavy atom. The molecule has 1 aromatic carbocycles. The Hall–Kier alpha value is -2.09. The lowest BCUT2D eigenvalue weighted by molar-refractivity contribution is 0.176. The quantitative estimate of drug-likeness (QED) is 0.858. The van der Waals surface area contributed by atoms with Gasteiger partial charge in [-0.25, -0.2) is 13.5 Å². The first-order valence-corrected chi connectivity index (χ1v) is 7.76. The van der Waals surface area contributed by atoms with E-state index in [-0.39, 0.29) is 6.04 Å². The van der Waals surface area contributed by atoms with Gasteiger partial charge in [-0.15, -0.1) is 0 Å². The van der Waals surface area contributed by atoms with Crippen LogP contribution in [0.25, 0.3) is 0 Å². The lowest BCUT2D eigenvalue weighted by atomic mass is 10.0. The minimum Gasteiger partial charge on any atom is -0.337 e. The maximum atomic E-state index is 14.1. The predicted octanol–water partition coefficient (Wildman–Crippen LogP) is 1.76. The van der Waals surface area contributed by atoms with Gasteiger partial charge in [0.1, 0.15) is 11.6 Å². The van der Waals surface area contributed by atoms with Crippen molar-refractivity contribution in [3.05, 3.63) is 35.4 Å². The van der Waals surface area contributed by atoms with Crippen molar-refractivity contribution in [3.8, 4) is 0 Å². The van der Waals surface area contributed by atoms with E-state index in [2.05, 4.69) is 25.3 Å². The van der Waals surface area contributed by atoms with Crippen LogP contribution >= 0.6 is 0 Å². The van der Waals surface area contributed by atoms with E-state index in [0.29, 0.717) is 5.56 Å². The van der Waals surface area contributed by atoms with Gasteiger partial charge >= 0.3 is 0 Å². The molecule has 6 nitrogen and oxygen atoms in total. The number of halogens is 2. The molecule has 0 radical (unpaired) electrons. The number of hydrogen-bond acceptors (Lipinski definition) is 5. The number of hydrogen-bond donors (Lipinski definition) is 0. The lowest BCUT2D eigenvalue weighted by Crippen LogP contribution is -2.48. The minimum absolute atomic E-state index is 0.0460. The first-order chi connectivity index (χ1) is 11.1. The number of nitrogens with zero attached hydrogens (tertiary/aromatic N) is 6. The van der Waals surface area contributed by atoms with Crippen molar-refractivity contribution in [2.45, 2.75) is 19.4 Å². The summed E-state index contributed by atoms with van der Waals surface area (Å²) in [4.78, 5) is 4.35. The van der Waals surface area contributed by atoms with E-state index in [4.69, 9.17) is 0 Å². The maximum Gasteiger partial charge on any atom is 0.245 e. The van der Waals surface area contributed by atoms with Crippen molar-refractivity contribution in [2.75, 3.05) is 31.1 Å². The molecule has 1 aromatic heterocycles. The first kappa shape index (κ1) is 15.8. The van der Waals surface area contributed by atoms with Gasteiger partial charge in [0.05, 0.1) is 0 Å². The van der Waals surface area contributed by atoms with E-state index in [1.165, 1.54) is 6.07 Å². The number of piperazine rings is 1. The third kappa shape index (κ3) is 3.17. The SMILES string of the molecule is CCC(c1ccc(F)cc1F)N1CCN(c2nnnn2C)CC1. The molecule has 23 heavy (non-hydrogen) atoms. The third-order valence-corrected chi connectivity index (χ3v) is 4.34. The highest BCUT2D eigenvalue weighted by molar-refractivity contribution is 5.29. The number of benzene rings is 1. The molecule has 1 aliphatic heterocycles. The minimum atomic E-state index is -0.541. The molecule has 1 fully saturated rings. The van der Waals surface area contributed by atoms with Crippen molar-refractivity contribution >= 4 is 5.95 Å². The zero-order chi connectivity index (χ0) is 16.4. The Morgan fingerprint density at radius 2 is 1.91 bits per heavy atom. The van der Waals surface area contributed by atoms with E-state index in [1.54, 1.807) is 10.7 Å². The van der Waals surface area contributed by atoms with Gasteiger partial charge in [0, 0.05) is 50.9 Å². The fourth-order valence-electron chi connectivity index (χ4n) is 3.17. The van der Waals surface area contributed by atoms with E-state index in [9.17, 15) is 8.78 Å². The zero-order valence-electron chi connectivity index (χ0n) is 13.3. The summed E-state index contributed by atoms with van der Waals surface area (Å²) < 4.78 is 28.9. The average Bonchev–Trinajstić information content (AvgIpc) is 2.97. The summed E-state index contributed by atoms with van der Waals surface area (Å²) in [5.41, 5.74) is 0.558. The molecular formula is C15H20F2N6. The summed E-state index contributed by atoms with van der Waals surface area (Å²) in [6, 6.07) is 3.79. The van der Waals surface area contributed by atoms with Crippen molar-refractivity contribution in [1.29, 1.82) is 0 Å². The van der Waals surface area contributed by atoms with Crippen LogP contribution in [-0.2, 0) is 7.05 Å². The van der Waals surface area contributed by atoms with Crippen molar-refractivity contribution in [1.82, 2.24) is 25.1 Å². The van der Waals surface area contributed by atoms with E-state index < -0.39 is 11.6 Å². The molecule has 0 spiro atoms. The lowest BCUT2D eigenvalue weighted by Gasteiger charge is -2.39. The Labute approximate surface area is 133 Å². The number of tetrazole rings is 1. The monoisotopic (exact) mass is 322 g/mol. The molecule has 0 amide bonds. The standard InChI is InChI=1S/C15H20F2N6/c1-3-14(12-5-4-11(16)10-13(12)17)22-6-8-23(9-7-22)15-18-19-20-21(15)2/h4-5,10,14H,3,6-9H2,1-2H3. The Kier molecular flexibility index (Phi) is 4.51. The average molecular weight is 322 g/mol. The highest BCUT2D eigenvalue weighted by Gasteiger charge is 2.27. The van der Waals surface area contributed by atoms with Gasteiger partial charge in [0.2, 0.25) is 5.95 Å². The van der Waals surface area contributed by atoms with Crippen LogP contribution in [0.1, 0.15) is 24.9 Å². The fraction of sp³-hybridized carbons (Fsp3) is 0.533. The number of aryl methyl sites for hydroxylation is 1. The van der Waals surface area contributed by atoms with Crippen molar-refractivity contribution in [3.63, 3.8) is 0 Å². The van der Waals surface area contributed by atoms with Crippen LogP contribution in [-0.4, -0.2) is 51.3 Å². The maximum absolute atomic E-state index is 14.1. The first-order valence-electron chi connectivity index (χ1n) is 7.76. The second-order valence-electron chi connectivity index (χ2n) is 5.72. The van der Waals surface area contributed by atoms with Gasteiger partial charge in [-0.3, -0.25) is 4.90 Å². The molecule has 1 unspecified atom stereocenters. The summed E-state index contributed by atoms with van der Waals surface area (Å²) >= 11 is 0. The zero-order valence-corrected chi connectivity index (χ0v) is 13.3. The van der Waals surface area contributed by atoms with E-state index in [0.717, 1.165) is 44.6 Å². The van der Waals surface area contributed by atoms with Crippen LogP contribution in [0.15, 0.2) is 18.2 Å². The second-order valence-corrected chi connectivity index (χ2v) is 5.72. The molecule has 1 aliphatic rings. The fourth-order valence-corrected chi connectivity index (χ4v) is 3.17. The molecule has 1 saturated heterocycles. The summed E-state index contributed by atoms with van der Waals surface area (Å²) in [5.74, 6) is -0.275. The summed E-state index contributed by atoms with van der Waals surface area (Å²) in [5, 5.41) is 11.5. The van der Waals surface area contributed by atoms with Crippen molar-refractivity contribution in [2.24, 2.45) is 7.05 Å². The number of anilines is 1. The molecular weight excluding hydrogens is 302 g/mol. The summed E-state index contributed by atoms with van der Waals surface area (Å²) in [6.45, 7) is 5.12. The Morgan fingerprint density at radius 3 is 2.48 bits per heavy atom. The molecule has 0 N–H and O–H groups in total. The second kappa shape index (κ2) is 6.57. The largest absolute Gasteiger partial charge is 0.337 e. The van der Waals surface area contributed by atoms with Crippen LogP contribution in [0, 0.1) is 11.6 Å². The van der Waals surface area contributed by atoms with Gasteiger partial charge < -0.3 is 4.90 Å². The van der Waals surface area contributed by atoms with Crippen LogP contribution in [0.4, 0.5) is 14.7 Å². The molecule has 8 heteroatoms. The molecule has 0 aliphatic carbocycles. The highest BCUT2D eigenvalue weighted by atomic mass is 19.1. The molecule has 0 bridgehead atoms. The van der Waals surface area contributed by atoms with E-state index in [1.807, 2.05) is 14.0 Å². The van der Waals surface area contributed by atoms with Gasteiger partial charge in [-0.2, -0.15) is 0 Å². The summed E-state index contributed by atoms with van der Waals surface area (Å²) in [7, 11) is 1.81. The number of rotatable bonds is 4. The van der Waals surface area contributed by atoms with Gasteiger partial charge in [-0.05, 0) is 22.9 Å². The summed E-state index contributed by atoms with van der Waals surface area (Å²) in [6.07, 6.45) is 0.772. The molecule has 124 valence electrons. The van der Waals surface area contributed by atoms with Crippen LogP contribution in [0.3, 0.4) is 0 Å². The van der Waals surface area contributed by atoms with Crippen LogP contribution < -0.4 is 4.90 Å². The molecule has 2 aromatic rings. The van der Waals surface area contributed by atoms with Crippen molar-refractivity contribution < 1.29 is 8.78 Å². The van der Waals surface area contributed by atoms with Gasteiger partial charge in [0.15, 0.2) is 0 Å². The Bertz CT molecular complexity index is 666. The van der Waals surface area contributed by atoms with Crippen LogP contribution in [0.5, 0.6) is 0 Å². The number of aromatic nitrogens is 4. The van der Waals surface area contributed by atoms with Gasteiger partial charge in [-0.1, -0.05) is 18.1 Å². The normalized spacial score (nSPS) is 17.5. The topological polar surface area (TPSA) is 50.1 Å². The highest BCUT2D eigenvalue weighted by Crippen LogP contribution is 2.28. The molecule has 1 atom stereocenters. The van der Waals surface area contributed by atoms with E-state index >= 15 is 0 Å². The predicted molar refractivity (Wildman–Crippen MR) is 82.0 cm³/mol. The Balaban J connectivity index is 1.71. The molecule has 0 saturated carbocycles. The van der Waals surface area contributed by atoms with Gasteiger partial charge in [0.25, 0.3) is 0 Å². The molecule has 2 heterocycles. The smallest absolute Gasteiger partial charge is 0.245 e. The molecule has 3 rings (SSSR count).